The maximum Gasteiger partial charge on any atom is 0.130 e. The van der Waals surface area contributed by atoms with E-state index < -0.39 is 22.4 Å². The summed E-state index contributed by atoms with van der Waals surface area (Å²) in [5.74, 6) is 3.09. The number of hydrogen-bond acceptors (Lipinski definition) is 24. The van der Waals surface area contributed by atoms with E-state index in [2.05, 4.69) is 82.9 Å². The summed E-state index contributed by atoms with van der Waals surface area (Å²) < 4.78 is 6.87. The Kier molecular flexibility index (Phi) is 31.8. The highest BCUT2D eigenvalue weighted by molar-refractivity contribution is 6.32. The third-order valence-corrected chi connectivity index (χ3v) is 20.5. The summed E-state index contributed by atoms with van der Waals surface area (Å²) >= 11 is 24.3. The Hall–Kier alpha value is -12.6. The van der Waals surface area contributed by atoms with Gasteiger partial charge in [-0.3, -0.25) is 38.7 Å². The van der Waals surface area contributed by atoms with Crippen molar-refractivity contribution >= 4 is 159 Å². The highest BCUT2D eigenvalue weighted by Gasteiger charge is 2.20. The quantitative estimate of drug-likeness (QED) is 0.0162. The van der Waals surface area contributed by atoms with Crippen LogP contribution >= 0.6 is 46.4 Å². The lowest BCUT2D eigenvalue weighted by Crippen LogP contribution is -2.26. The first-order chi connectivity index (χ1) is 61.4. The molecule has 16 aromatic rings. The molecule has 0 spiro atoms. The molecule has 0 radical (unpaired) electrons. The van der Waals surface area contributed by atoms with Gasteiger partial charge in [-0.05, 0) is 252 Å². The van der Waals surface area contributed by atoms with Gasteiger partial charge in [0.2, 0.25) is 0 Å². The van der Waals surface area contributed by atoms with Gasteiger partial charge in [-0.25, -0.2) is 19.9 Å². The fraction of sp³-hybridized carbons (Fsp3) is 0.292. The van der Waals surface area contributed by atoms with Crippen LogP contribution in [-0.4, -0.2) is 148 Å². The van der Waals surface area contributed by atoms with Crippen molar-refractivity contribution in [1.29, 1.82) is 0 Å². The number of aliphatic hydroxyl groups is 4. The number of anilines is 12. The molecule has 4 aromatic carbocycles. The van der Waals surface area contributed by atoms with Gasteiger partial charge in [-0.2, -0.15) is 20.4 Å². The number of pyridine rings is 8. The monoisotopic (exact) mass is 1800 g/mol. The lowest BCUT2D eigenvalue weighted by Gasteiger charge is -2.16. The van der Waals surface area contributed by atoms with E-state index in [0.29, 0.717) is 46.3 Å². The van der Waals surface area contributed by atoms with Crippen LogP contribution < -0.4 is 42.5 Å². The molecule has 28 nitrogen and oxygen atoms in total. The summed E-state index contributed by atoms with van der Waals surface area (Å²) in [6.07, 6.45) is 28.7. The van der Waals surface area contributed by atoms with Gasteiger partial charge < -0.3 is 63.0 Å². The zero-order chi connectivity index (χ0) is 90.2. The van der Waals surface area contributed by atoms with E-state index in [1.165, 1.54) is 0 Å². The smallest absolute Gasteiger partial charge is 0.130 e. The summed E-state index contributed by atoms with van der Waals surface area (Å²) in [5.41, 5.74) is 11.9. The lowest BCUT2D eigenvalue weighted by atomic mass is 10.1. The van der Waals surface area contributed by atoms with Gasteiger partial charge in [0.15, 0.2) is 0 Å². The summed E-state index contributed by atoms with van der Waals surface area (Å²) in [5, 5.41) is 91.0. The Balaban J connectivity index is 0.000000146. The molecule has 12 aromatic heterocycles. The molecule has 664 valence electrons. The minimum absolute atomic E-state index is 0.426. The van der Waals surface area contributed by atoms with Crippen molar-refractivity contribution in [3.63, 3.8) is 0 Å². The van der Waals surface area contributed by atoms with Crippen molar-refractivity contribution < 1.29 is 20.4 Å². The van der Waals surface area contributed by atoms with Crippen molar-refractivity contribution in [2.75, 3.05) is 68.7 Å². The van der Waals surface area contributed by atoms with Crippen molar-refractivity contribution in [1.82, 2.24) is 79.0 Å². The van der Waals surface area contributed by atoms with Gasteiger partial charge in [0.25, 0.3) is 0 Å². The fourth-order valence-corrected chi connectivity index (χ4v) is 14.7. The zero-order valence-electron chi connectivity index (χ0n) is 72.9. The number of aryl methyl sites for hydroxylation is 4. The van der Waals surface area contributed by atoms with Crippen LogP contribution in [0.3, 0.4) is 0 Å². The summed E-state index contributed by atoms with van der Waals surface area (Å²) in [7, 11) is 0. The summed E-state index contributed by atoms with van der Waals surface area (Å²) in [6, 6.07) is 54.8. The molecule has 0 fully saturated rings. The number of aromatic nitrogens is 16. The van der Waals surface area contributed by atoms with Crippen molar-refractivity contribution in [2.24, 2.45) is 0 Å². The normalized spacial score (nSPS) is 11.6. The fourth-order valence-electron chi connectivity index (χ4n) is 14.1. The first kappa shape index (κ1) is 93.0. The minimum Gasteiger partial charge on any atom is -0.389 e. The minimum atomic E-state index is -0.814. The molecule has 0 aliphatic rings. The van der Waals surface area contributed by atoms with Crippen LogP contribution in [0.25, 0.3) is 43.6 Å². The van der Waals surface area contributed by atoms with Crippen LogP contribution in [0.1, 0.15) is 104 Å². The van der Waals surface area contributed by atoms with Crippen LogP contribution in [0.4, 0.5) is 68.8 Å². The molecular weight excluding hydrogens is 1700 g/mol. The number of benzene rings is 4. The van der Waals surface area contributed by atoms with Crippen molar-refractivity contribution in [2.45, 2.75) is 155 Å². The van der Waals surface area contributed by atoms with Gasteiger partial charge >= 0.3 is 0 Å². The predicted molar refractivity (Wildman–Crippen MR) is 518 cm³/mol. The predicted octanol–water partition coefficient (Wildman–Crippen LogP) is 20.2. The van der Waals surface area contributed by atoms with Crippen LogP contribution in [0.2, 0.25) is 20.1 Å². The van der Waals surface area contributed by atoms with Crippen molar-refractivity contribution in [3.8, 4) is 0 Å². The Labute approximate surface area is 764 Å². The molecule has 0 amide bonds. The molecule has 32 heteroatoms. The van der Waals surface area contributed by atoms with Crippen LogP contribution in [0.15, 0.2) is 244 Å². The maximum atomic E-state index is 9.94. The van der Waals surface area contributed by atoms with Crippen LogP contribution in [-0.2, 0) is 51.9 Å². The van der Waals surface area contributed by atoms with E-state index >= 15 is 0 Å². The van der Waals surface area contributed by atoms with Crippen LogP contribution in [0.5, 0.6) is 0 Å². The maximum absolute atomic E-state index is 9.94. The molecule has 12 N–H and O–H groups in total. The van der Waals surface area contributed by atoms with E-state index in [1.807, 2.05) is 195 Å². The topological polar surface area (TPSA) is 352 Å². The Bertz CT molecular complexity index is 5560. The Morgan fingerprint density at radius 3 is 0.719 bits per heavy atom. The van der Waals surface area contributed by atoms with Gasteiger partial charge in [0, 0.05) is 163 Å². The summed E-state index contributed by atoms with van der Waals surface area (Å²) in [6.45, 7) is 19.1. The molecule has 0 aliphatic heterocycles. The highest BCUT2D eigenvalue weighted by Crippen LogP contribution is 2.31. The second kappa shape index (κ2) is 43.7. The Morgan fingerprint density at radius 2 is 0.508 bits per heavy atom. The first-order valence-corrected chi connectivity index (χ1v) is 44.0. The number of nitrogens with zero attached hydrogens (tertiary/aromatic N) is 16. The highest BCUT2D eigenvalue weighted by atomic mass is 35.5. The summed E-state index contributed by atoms with van der Waals surface area (Å²) in [4.78, 5) is 36.4. The first-order valence-electron chi connectivity index (χ1n) is 42.5. The number of fused-ring (bicyclic) bond motifs is 4. The largest absolute Gasteiger partial charge is 0.389 e. The average molecular weight is 1800 g/mol. The molecule has 12 heterocycles. The molecular formula is C96H108Cl4N24O4. The SMILES string of the molecule is CC(C)(O)Cn1cc(Nc2cccc(CCCNc3ccnc4cc(Cl)ccc34)n2)cn1.CC(C)(O)Cn1cc(Nc2cccc(CCCNc3ccnc4cc(Cl)ccc34)n2)cn1.CC(C)(O)Cn1cc(Nc2cccc(CCCNc3ccnc4cc(Cl)ccc34)n2)cn1.CC(C)(O)Cn1cc(Nc2cccc(CCCNc3ccnc4cc(Cl)ccc34)n2)cn1. The number of nitrogens with one attached hydrogen (secondary N) is 8. The molecule has 16 rings (SSSR count). The average Bonchev–Trinajstić information content (AvgIpc) is 1.82. The second-order valence-corrected chi connectivity index (χ2v) is 35.5. The van der Waals surface area contributed by atoms with E-state index in [0.717, 1.165) is 213 Å². The third kappa shape index (κ3) is 29.7. The third-order valence-electron chi connectivity index (χ3n) is 19.6. The molecule has 0 atom stereocenters. The number of hydrogen-bond donors (Lipinski definition) is 12. The van der Waals surface area contributed by atoms with E-state index in [9.17, 15) is 20.4 Å². The van der Waals surface area contributed by atoms with Crippen LogP contribution in [0, 0.1) is 0 Å². The molecule has 128 heavy (non-hydrogen) atoms. The zero-order valence-corrected chi connectivity index (χ0v) is 75.9. The molecule has 0 aliphatic carbocycles. The number of rotatable bonds is 36. The number of halogens is 4. The van der Waals surface area contributed by atoms with Gasteiger partial charge in [-0.1, -0.05) is 70.7 Å². The van der Waals surface area contributed by atoms with E-state index in [4.69, 9.17) is 66.3 Å². The van der Waals surface area contributed by atoms with Gasteiger partial charge in [0.05, 0.1) is 118 Å². The van der Waals surface area contributed by atoms with Gasteiger partial charge in [-0.15, -0.1) is 0 Å². The lowest BCUT2D eigenvalue weighted by molar-refractivity contribution is 0.0571. The molecule has 0 unspecified atom stereocenters. The Morgan fingerprint density at radius 1 is 0.289 bits per heavy atom. The molecule has 0 bridgehead atoms. The van der Waals surface area contributed by atoms with Crippen molar-refractivity contribution in [3.05, 3.63) is 287 Å². The standard InChI is InChI=1S/4C24H27ClN6O/c4*1-24(2,32)16-31-15-19(14-28-31)30-23-7-3-5-18(29-23)6-4-11-26-21-10-12-27-22-13-17(25)8-9-20(21)22/h4*3,5,7-10,12-15,32H,4,6,11,16H2,1-2H3,(H,26,27)(H,29,30). The second-order valence-electron chi connectivity index (χ2n) is 33.7. The van der Waals surface area contributed by atoms with E-state index in [-0.39, 0.29) is 0 Å². The van der Waals surface area contributed by atoms with E-state index in [1.54, 1.807) is 124 Å². The molecule has 0 saturated heterocycles. The van der Waals surface area contributed by atoms with Gasteiger partial charge in [0.1, 0.15) is 23.3 Å². The molecule has 0 saturated carbocycles.